The maximum absolute atomic E-state index is 13.0. The van der Waals surface area contributed by atoms with Gasteiger partial charge in [0.1, 0.15) is 11.6 Å². The lowest BCUT2D eigenvalue weighted by atomic mass is 10.1. The molecule has 2 heterocycles. The fraction of sp³-hybridized carbons (Fsp3) is 0.474. The number of aromatic nitrogens is 3. The molecule has 3 rings (SSSR count). The Morgan fingerprint density at radius 3 is 2.75 bits per heavy atom. The number of benzene rings is 1. The molecule has 1 aromatic heterocycles. The van der Waals surface area contributed by atoms with Gasteiger partial charge in [-0.1, -0.05) is 12.1 Å². The Morgan fingerprint density at radius 2 is 2.07 bits per heavy atom. The molecule has 0 bridgehead atoms. The summed E-state index contributed by atoms with van der Waals surface area (Å²) in [5, 5.41) is 12.5. The molecule has 8 nitrogen and oxygen atoms in total. The average Bonchev–Trinajstić information content (AvgIpc) is 3.29. The summed E-state index contributed by atoms with van der Waals surface area (Å²) in [6, 6.07) is 5.68. The second kappa shape index (κ2) is 8.92. The molecule has 1 aliphatic rings. The molecule has 1 fully saturated rings. The van der Waals surface area contributed by atoms with E-state index in [4.69, 9.17) is 0 Å². The Labute approximate surface area is 162 Å². The van der Waals surface area contributed by atoms with Gasteiger partial charge in [0.15, 0.2) is 5.82 Å². The molecular formula is C19H25FN6O2. The first-order valence-corrected chi connectivity index (χ1v) is 9.33. The number of likely N-dealkylation sites (tertiary alicyclic amines) is 1. The second-order valence-corrected chi connectivity index (χ2v) is 7.12. The number of aromatic amines is 1. The van der Waals surface area contributed by atoms with Crippen LogP contribution in [0.15, 0.2) is 24.3 Å². The van der Waals surface area contributed by atoms with Crippen molar-refractivity contribution >= 4 is 11.8 Å². The Kier molecular flexibility index (Phi) is 6.35. The molecule has 1 aromatic carbocycles. The highest BCUT2D eigenvalue weighted by Crippen LogP contribution is 2.24. The quantitative estimate of drug-likeness (QED) is 0.658. The number of H-pyrrole nitrogens is 1. The van der Waals surface area contributed by atoms with Gasteiger partial charge in [-0.25, -0.2) is 9.37 Å². The zero-order chi connectivity index (χ0) is 20.1. The Hall–Kier alpha value is -2.81. The lowest BCUT2D eigenvalue weighted by molar-refractivity contribution is -0.126. The number of rotatable bonds is 7. The van der Waals surface area contributed by atoms with E-state index in [0.717, 1.165) is 36.7 Å². The minimum atomic E-state index is -0.322. The van der Waals surface area contributed by atoms with Crippen molar-refractivity contribution in [2.75, 3.05) is 26.2 Å². The highest BCUT2D eigenvalue weighted by molar-refractivity contribution is 5.85. The third-order valence-corrected chi connectivity index (χ3v) is 4.81. The van der Waals surface area contributed by atoms with Crippen LogP contribution in [0.2, 0.25) is 0 Å². The number of hydrogen-bond donors (Lipinski definition) is 3. The van der Waals surface area contributed by atoms with Crippen molar-refractivity contribution in [2.45, 2.75) is 32.2 Å². The lowest BCUT2D eigenvalue weighted by Gasteiger charge is -2.16. The predicted octanol–water partition coefficient (Wildman–Crippen LogP) is 1.04. The van der Waals surface area contributed by atoms with Crippen molar-refractivity contribution in [3.63, 3.8) is 0 Å². The van der Waals surface area contributed by atoms with Crippen molar-refractivity contribution in [3.05, 3.63) is 47.3 Å². The number of aryl methyl sites for hydroxylation is 1. The summed E-state index contributed by atoms with van der Waals surface area (Å²) in [6.07, 6.45) is 0.903. The van der Waals surface area contributed by atoms with Gasteiger partial charge < -0.3 is 10.6 Å². The van der Waals surface area contributed by atoms with Crippen molar-refractivity contribution in [2.24, 2.45) is 0 Å². The van der Waals surface area contributed by atoms with E-state index in [2.05, 4.69) is 25.8 Å². The van der Waals surface area contributed by atoms with Crippen molar-refractivity contribution in [1.29, 1.82) is 0 Å². The van der Waals surface area contributed by atoms with Gasteiger partial charge in [0.05, 0.1) is 19.1 Å². The number of carbonyl (C=O) groups is 2. The van der Waals surface area contributed by atoms with E-state index in [0.29, 0.717) is 0 Å². The number of nitrogens with one attached hydrogen (secondary N) is 3. The standard InChI is InChI=1S/C19H25FN6O2/c1-12(14-3-5-16(20)6-4-14)22-17(27)9-21-18(28)11-26-8-7-15(10-26)19-23-13(2)24-25-19/h3-6,12,15H,7-11H2,1-2H3,(H,21,28)(H,22,27)(H,23,24,25). The van der Waals surface area contributed by atoms with Crippen LogP contribution in [0, 0.1) is 12.7 Å². The normalized spacial score (nSPS) is 18.0. The minimum Gasteiger partial charge on any atom is -0.348 e. The highest BCUT2D eigenvalue weighted by atomic mass is 19.1. The number of nitrogens with zero attached hydrogens (tertiary/aromatic N) is 3. The summed E-state index contributed by atoms with van der Waals surface area (Å²) >= 11 is 0. The average molecular weight is 388 g/mol. The van der Waals surface area contributed by atoms with Crippen LogP contribution in [0.1, 0.15) is 42.5 Å². The second-order valence-electron chi connectivity index (χ2n) is 7.12. The summed E-state index contributed by atoms with van der Waals surface area (Å²) in [4.78, 5) is 30.6. The van der Waals surface area contributed by atoms with Crippen LogP contribution in [0.25, 0.3) is 0 Å². The van der Waals surface area contributed by atoms with Crippen molar-refractivity contribution in [3.8, 4) is 0 Å². The van der Waals surface area contributed by atoms with E-state index in [9.17, 15) is 14.0 Å². The molecule has 2 amide bonds. The summed E-state index contributed by atoms with van der Waals surface area (Å²) in [5.74, 6) is 0.980. The van der Waals surface area contributed by atoms with E-state index in [1.54, 1.807) is 12.1 Å². The summed E-state index contributed by atoms with van der Waals surface area (Å²) in [7, 11) is 0. The molecule has 0 saturated carbocycles. The SMILES string of the molecule is Cc1nc(C2CCN(CC(=O)NCC(=O)NC(C)c3ccc(F)cc3)C2)n[nH]1. The number of amides is 2. The summed E-state index contributed by atoms with van der Waals surface area (Å²) in [5.41, 5.74) is 0.798. The van der Waals surface area contributed by atoms with E-state index in [-0.39, 0.29) is 42.7 Å². The van der Waals surface area contributed by atoms with Gasteiger partial charge in [0.2, 0.25) is 11.8 Å². The Balaban J connectivity index is 1.38. The molecular weight excluding hydrogens is 363 g/mol. The topological polar surface area (TPSA) is 103 Å². The molecule has 150 valence electrons. The first-order chi connectivity index (χ1) is 13.4. The van der Waals surface area contributed by atoms with Gasteiger partial charge in [-0.3, -0.25) is 19.6 Å². The van der Waals surface area contributed by atoms with Gasteiger partial charge >= 0.3 is 0 Å². The molecule has 1 aliphatic heterocycles. The van der Waals surface area contributed by atoms with Crippen LogP contribution in [-0.2, 0) is 9.59 Å². The third kappa shape index (κ3) is 5.35. The summed E-state index contributed by atoms with van der Waals surface area (Å²) < 4.78 is 13.0. The third-order valence-electron chi connectivity index (χ3n) is 4.81. The summed E-state index contributed by atoms with van der Waals surface area (Å²) in [6.45, 7) is 5.32. The highest BCUT2D eigenvalue weighted by Gasteiger charge is 2.27. The Morgan fingerprint density at radius 1 is 1.32 bits per heavy atom. The molecule has 2 aromatic rings. The Bertz CT molecular complexity index is 822. The van der Waals surface area contributed by atoms with Crippen LogP contribution in [0.5, 0.6) is 0 Å². The predicted molar refractivity (Wildman–Crippen MR) is 101 cm³/mol. The van der Waals surface area contributed by atoms with E-state index < -0.39 is 0 Å². The van der Waals surface area contributed by atoms with Crippen LogP contribution in [0.3, 0.4) is 0 Å². The van der Waals surface area contributed by atoms with Crippen molar-refractivity contribution in [1.82, 2.24) is 30.7 Å². The van der Waals surface area contributed by atoms with Gasteiger partial charge in [0, 0.05) is 12.5 Å². The maximum Gasteiger partial charge on any atom is 0.239 e. The van der Waals surface area contributed by atoms with Gasteiger partial charge in [-0.2, -0.15) is 5.10 Å². The zero-order valence-corrected chi connectivity index (χ0v) is 16.0. The molecule has 2 atom stereocenters. The molecule has 3 N–H and O–H groups in total. The van der Waals surface area contributed by atoms with Crippen LogP contribution in [-0.4, -0.2) is 58.1 Å². The van der Waals surface area contributed by atoms with Gasteiger partial charge in [-0.05, 0) is 44.5 Å². The minimum absolute atomic E-state index is 0.0955. The first-order valence-electron chi connectivity index (χ1n) is 9.33. The molecule has 1 saturated heterocycles. The van der Waals surface area contributed by atoms with Crippen LogP contribution < -0.4 is 10.6 Å². The van der Waals surface area contributed by atoms with E-state index in [1.807, 2.05) is 18.7 Å². The maximum atomic E-state index is 13.0. The fourth-order valence-electron chi connectivity index (χ4n) is 3.29. The number of halogens is 1. The molecule has 0 radical (unpaired) electrons. The van der Waals surface area contributed by atoms with Crippen LogP contribution in [0.4, 0.5) is 4.39 Å². The number of hydrogen-bond acceptors (Lipinski definition) is 5. The zero-order valence-electron chi connectivity index (χ0n) is 16.0. The fourth-order valence-corrected chi connectivity index (χ4v) is 3.29. The molecule has 2 unspecified atom stereocenters. The smallest absolute Gasteiger partial charge is 0.239 e. The van der Waals surface area contributed by atoms with Crippen LogP contribution >= 0.6 is 0 Å². The van der Waals surface area contributed by atoms with E-state index in [1.165, 1.54) is 12.1 Å². The van der Waals surface area contributed by atoms with E-state index >= 15 is 0 Å². The largest absolute Gasteiger partial charge is 0.348 e. The lowest BCUT2D eigenvalue weighted by Crippen LogP contribution is -2.42. The van der Waals surface area contributed by atoms with Crippen molar-refractivity contribution < 1.29 is 14.0 Å². The monoisotopic (exact) mass is 388 g/mol. The number of carbonyl (C=O) groups excluding carboxylic acids is 2. The molecule has 9 heteroatoms. The first kappa shape index (κ1) is 19.9. The molecule has 0 aliphatic carbocycles. The molecule has 0 spiro atoms. The van der Waals surface area contributed by atoms with Gasteiger partial charge in [0.25, 0.3) is 0 Å². The molecule has 28 heavy (non-hydrogen) atoms. The van der Waals surface area contributed by atoms with Gasteiger partial charge in [-0.15, -0.1) is 0 Å².